The molecule has 1 aliphatic heterocycles. The molecule has 146 valence electrons. The SMILES string of the molecule is CCN(CC(=O)NCc1ccc(F)cc1)S(=O)(=O)N1CC(C)CC(C)C1. The van der Waals surface area contributed by atoms with Gasteiger partial charge < -0.3 is 5.32 Å². The molecule has 0 saturated carbocycles. The van der Waals surface area contributed by atoms with Gasteiger partial charge in [-0.3, -0.25) is 4.79 Å². The fourth-order valence-electron chi connectivity index (χ4n) is 3.33. The zero-order chi connectivity index (χ0) is 19.3. The van der Waals surface area contributed by atoms with Crippen molar-refractivity contribution in [1.29, 1.82) is 0 Å². The molecule has 1 amide bonds. The molecule has 6 nitrogen and oxygen atoms in total. The summed E-state index contributed by atoms with van der Waals surface area (Å²) in [5, 5.41) is 2.69. The van der Waals surface area contributed by atoms with E-state index in [9.17, 15) is 17.6 Å². The summed E-state index contributed by atoms with van der Waals surface area (Å²) in [4.78, 5) is 12.2. The van der Waals surface area contributed by atoms with Crippen molar-refractivity contribution in [2.75, 3.05) is 26.2 Å². The molecule has 26 heavy (non-hydrogen) atoms. The van der Waals surface area contributed by atoms with Gasteiger partial charge in [0.15, 0.2) is 0 Å². The molecule has 0 radical (unpaired) electrons. The topological polar surface area (TPSA) is 69.7 Å². The van der Waals surface area contributed by atoms with Crippen molar-refractivity contribution in [3.63, 3.8) is 0 Å². The van der Waals surface area contributed by atoms with E-state index >= 15 is 0 Å². The monoisotopic (exact) mass is 385 g/mol. The summed E-state index contributed by atoms with van der Waals surface area (Å²) >= 11 is 0. The fourth-order valence-corrected chi connectivity index (χ4v) is 5.15. The number of benzene rings is 1. The van der Waals surface area contributed by atoms with Crippen molar-refractivity contribution in [2.45, 2.75) is 33.7 Å². The second kappa shape index (κ2) is 8.92. The molecule has 1 heterocycles. The van der Waals surface area contributed by atoms with Crippen LogP contribution in [0.25, 0.3) is 0 Å². The number of nitrogens with zero attached hydrogens (tertiary/aromatic N) is 2. The summed E-state index contributed by atoms with van der Waals surface area (Å²) in [6.45, 7) is 7.02. The molecule has 0 aliphatic carbocycles. The number of amides is 1. The first kappa shape index (κ1) is 20.8. The van der Waals surface area contributed by atoms with E-state index in [2.05, 4.69) is 5.32 Å². The smallest absolute Gasteiger partial charge is 0.282 e. The number of carbonyl (C=O) groups is 1. The van der Waals surface area contributed by atoms with Crippen molar-refractivity contribution in [1.82, 2.24) is 13.9 Å². The van der Waals surface area contributed by atoms with E-state index in [0.717, 1.165) is 12.0 Å². The number of nitrogens with one attached hydrogen (secondary N) is 1. The van der Waals surface area contributed by atoms with E-state index in [-0.39, 0.29) is 31.4 Å². The molecule has 8 heteroatoms. The minimum absolute atomic E-state index is 0.223. The summed E-state index contributed by atoms with van der Waals surface area (Å²) in [5.74, 6) is -0.106. The molecule has 1 N–H and O–H groups in total. The quantitative estimate of drug-likeness (QED) is 0.780. The Labute approximate surface area is 155 Å². The minimum Gasteiger partial charge on any atom is -0.351 e. The molecule has 1 aromatic carbocycles. The number of hydrogen-bond donors (Lipinski definition) is 1. The number of halogens is 1. The number of piperidine rings is 1. The van der Waals surface area contributed by atoms with Gasteiger partial charge in [-0.05, 0) is 36.0 Å². The Kier molecular flexibility index (Phi) is 7.14. The number of carbonyl (C=O) groups excluding carboxylic acids is 1. The van der Waals surface area contributed by atoms with Gasteiger partial charge in [-0.25, -0.2) is 4.39 Å². The van der Waals surface area contributed by atoms with E-state index in [1.807, 2.05) is 13.8 Å². The Bertz CT molecular complexity index is 699. The fraction of sp³-hybridized carbons (Fsp3) is 0.611. The van der Waals surface area contributed by atoms with Crippen LogP contribution in [0.4, 0.5) is 4.39 Å². The van der Waals surface area contributed by atoms with Crippen LogP contribution in [0.5, 0.6) is 0 Å². The van der Waals surface area contributed by atoms with Crippen LogP contribution in [0.15, 0.2) is 24.3 Å². The van der Waals surface area contributed by atoms with Gasteiger partial charge in [0.05, 0.1) is 6.54 Å². The normalized spacial score (nSPS) is 21.7. The minimum atomic E-state index is -3.67. The maximum absolute atomic E-state index is 12.9. The van der Waals surface area contributed by atoms with Crippen LogP contribution in [0, 0.1) is 17.7 Å². The summed E-state index contributed by atoms with van der Waals surface area (Å²) in [6.07, 6.45) is 1.01. The van der Waals surface area contributed by atoms with Gasteiger partial charge in [0.25, 0.3) is 10.2 Å². The molecule has 1 aromatic rings. The third-order valence-corrected chi connectivity index (χ3v) is 6.55. The summed E-state index contributed by atoms with van der Waals surface area (Å²) in [6, 6.07) is 5.81. The van der Waals surface area contributed by atoms with Gasteiger partial charge in [0.2, 0.25) is 5.91 Å². The van der Waals surface area contributed by atoms with Crippen molar-refractivity contribution in [3.05, 3.63) is 35.6 Å². The standard InChI is InChI=1S/C18H28FN3O3S/c1-4-21(26(24,25)22-11-14(2)9-15(3)12-22)13-18(23)20-10-16-5-7-17(19)8-6-16/h5-8,14-15H,4,9-13H2,1-3H3,(H,20,23). The zero-order valence-corrected chi connectivity index (χ0v) is 16.4. The predicted molar refractivity (Wildman–Crippen MR) is 98.9 cm³/mol. The number of rotatable bonds is 7. The maximum atomic E-state index is 12.9. The second-order valence-electron chi connectivity index (χ2n) is 7.10. The molecular weight excluding hydrogens is 357 g/mol. The molecule has 1 aliphatic rings. The lowest BCUT2D eigenvalue weighted by atomic mass is 9.94. The Hall–Kier alpha value is -1.51. The lowest BCUT2D eigenvalue weighted by Crippen LogP contribution is -2.51. The maximum Gasteiger partial charge on any atom is 0.282 e. The third kappa shape index (κ3) is 5.49. The lowest BCUT2D eigenvalue weighted by molar-refractivity contribution is -0.121. The Morgan fingerprint density at radius 2 is 1.81 bits per heavy atom. The van der Waals surface area contributed by atoms with Crippen molar-refractivity contribution in [2.24, 2.45) is 11.8 Å². The van der Waals surface area contributed by atoms with Gasteiger partial charge in [0.1, 0.15) is 5.82 Å². The highest BCUT2D eigenvalue weighted by atomic mass is 32.2. The van der Waals surface area contributed by atoms with E-state index < -0.39 is 10.2 Å². The molecule has 0 bridgehead atoms. The molecule has 2 unspecified atom stereocenters. The van der Waals surface area contributed by atoms with E-state index in [1.165, 1.54) is 20.7 Å². The third-order valence-electron chi connectivity index (χ3n) is 4.56. The van der Waals surface area contributed by atoms with Crippen LogP contribution in [0.2, 0.25) is 0 Å². The van der Waals surface area contributed by atoms with E-state index in [1.54, 1.807) is 19.1 Å². The Balaban J connectivity index is 1.96. The summed E-state index contributed by atoms with van der Waals surface area (Å²) in [7, 11) is -3.67. The number of likely N-dealkylation sites (N-methyl/N-ethyl adjacent to an activating group) is 1. The van der Waals surface area contributed by atoms with Crippen LogP contribution in [0.1, 0.15) is 32.8 Å². The molecule has 1 fully saturated rings. The van der Waals surface area contributed by atoms with Gasteiger partial charge in [-0.1, -0.05) is 32.9 Å². The zero-order valence-electron chi connectivity index (χ0n) is 15.6. The van der Waals surface area contributed by atoms with E-state index in [0.29, 0.717) is 24.9 Å². The first-order chi connectivity index (χ1) is 12.2. The molecule has 0 aromatic heterocycles. The second-order valence-corrected chi connectivity index (χ2v) is 9.03. The largest absolute Gasteiger partial charge is 0.351 e. The highest BCUT2D eigenvalue weighted by molar-refractivity contribution is 7.86. The molecule has 1 saturated heterocycles. The predicted octanol–water partition coefficient (Wildman–Crippen LogP) is 1.99. The summed E-state index contributed by atoms with van der Waals surface area (Å²) < 4.78 is 41.4. The van der Waals surface area contributed by atoms with Crippen LogP contribution >= 0.6 is 0 Å². The van der Waals surface area contributed by atoms with Crippen molar-refractivity contribution in [3.8, 4) is 0 Å². The van der Waals surface area contributed by atoms with Gasteiger partial charge >= 0.3 is 0 Å². The van der Waals surface area contributed by atoms with Crippen molar-refractivity contribution >= 4 is 16.1 Å². The van der Waals surface area contributed by atoms with Crippen LogP contribution < -0.4 is 5.32 Å². The molecular formula is C18H28FN3O3S. The summed E-state index contributed by atoms with van der Waals surface area (Å²) in [5.41, 5.74) is 0.754. The van der Waals surface area contributed by atoms with Gasteiger partial charge in [-0.2, -0.15) is 17.0 Å². The van der Waals surface area contributed by atoms with Gasteiger partial charge in [-0.15, -0.1) is 0 Å². The highest BCUT2D eigenvalue weighted by Gasteiger charge is 2.34. The molecule has 2 atom stereocenters. The lowest BCUT2D eigenvalue weighted by Gasteiger charge is -2.36. The van der Waals surface area contributed by atoms with Crippen molar-refractivity contribution < 1.29 is 17.6 Å². The van der Waals surface area contributed by atoms with Gasteiger partial charge in [0, 0.05) is 26.2 Å². The number of hydrogen-bond acceptors (Lipinski definition) is 3. The highest BCUT2D eigenvalue weighted by Crippen LogP contribution is 2.24. The van der Waals surface area contributed by atoms with Crippen LogP contribution in [-0.2, 0) is 21.5 Å². The van der Waals surface area contributed by atoms with Crippen LogP contribution in [0.3, 0.4) is 0 Å². The first-order valence-electron chi connectivity index (χ1n) is 8.98. The Morgan fingerprint density at radius 1 is 1.23 bits per heavy atom. The average molecular weight is 386 g/mol. The molecule has 0 spiro atoms. The first-order valence-corrected chi connectivity index (χ1v) is 10.4. The van der Waals surface area contributed by atoms with E-state index in [4.69, 9.17) is 0 Å². The molecule has 2 rings (SSSR count). The van der Waals surface area contributed by atoms with Crippen LogP contribution in [-0.4, -0.2) is 49.1 Å². The average Bonchev–Trinajstić information content (AvgIpc) is 2.58. The Morgan fingerprint density at radius 3 is 2.35 bits per heavy atom.